The van der Waals surface area contributed by atoms with Gasteiger partial charge in [0.05, 0.1) is 13.2 Å². The Morgan fingerprint density at radius 2 is 1.92 bits per heavy atom. The molecule has 0 aliphatic carbocycles. The van der Waals surface area contributed by atoms with E-state index in [2.05, 4.69) is 5.32 Å². The third-order valence-electron chi connectivity index (χ3n) is 7.03. The van der Waals surface area contributed by atoms with Crippen molar-refractivity contribution in [2.24, 2.45) is 0 Å². The van der Waals surface area contributed by atoms with Crippen LogP contribution in [-0.2, 0) is 31.1 Å². The molecular weight excluding hydrogens is 482 g/mol. The molecule has 5 rings (SSSR count). The van der Waals surface area contributed by atoms with E-state index in [0.29, 0.717) is 35.4 Å². The summed E-state index contributed by atoms with van der Waals surface area (Å²) in [6, 6.07) is 8.91. The maximum atomic E-state index is 13.1. The summed E-state index contributed by atoms with van der Waals surface area (Å²) in [6.45, 7) is 0.774. The molecule has 2 fully saturated rings. The number of carbonyl (C=O) groups is 4. The summed E-state index contributed by atoms with van der Waals surface area (Å²) in [4.78, 5) is 52.1. The fourth-order valence-corrected chi connectivity index (χ4v) is 4.97. The minimum atomic E-state index is -1.84. The van der Waals surface area contributed by atoms with E-state index in [1.54, 1.807) is 30.3 Å². The van der Waals surface area contributed by atoms with Crippen LogP contribution in [0.4, 0.5) is 0 Å². The third kappa shape index (κ3) is 4.75. The molecule has 3 aliphatic heterocycles. The van der Waals surface area contributed by atoms with Crippen molar-refractivity contribution in [3.05, 3.63) is 58.7 Å². The number of nitrogens with one attached hydrogen (secondary N) is 1. The molecule has 3 aliphatic rings. The first-order chi connectivity index (χ1) is 18.1. The van der Waals surface area contributed by atoms with E-state index in [1.165, 1.54) is 15.9 Å². The molecule has 2 aromatic carbocycles. The summed E-state index contributed by atoms with van der Waals surface area (Å²) < 4.78 is 11.2. The molecule has 0 bridgehead atoms. The Balaban J connectivity index is 1.36. The highest BCUT2D eigenvalue weighted by molar-refractivity contribution is 6.40. The number of hydrogen-bond donors (Lipinski definition) is 1. The first-order valence-corrected chi connectivity index (χ1v) is 12.1. The van der Waals surface area contributed by atoms with Crippen molar-refractivity contribution in [2.45, 2.75) is 36.8 Å². The topological polar surface area (TPSA) is 105 Å². The Kier molecular flexibility index (Phi) is 6.90. The summed E-state index contributed by atoms with van der Waals surface area (Å²) >= 11 is 0. The van der Waals surface area contributed by atoms with Gasteiger partial charge in [0.2, 0.25) is 17.7 Å². The van der Waals surface area contributed by atoms with Gasteiger partial charge in [0.1, 0.15) is 49.8 Å². The number of nitrogens with zero attached hydrogens (tertiary/aromatic N) is 2. The molecule has 2 saturated heterocycles. The number of amides is 4. The van der Waals surface area contributed by atoms with E-state index in [9.17, 15) is 19.2 Å². The van der Waals surface area contributed by atoms with Gasteiger partial charge in [-0.25, -0.2) is 0 Å². The van der Waals surface area contributed by atoms with Crippen molar-refractivity contribution in [3.8, 4) is 5.75 Å². The van der Waals surface area contributed by atoms with Crippen molar-refractivity contribution in [1.29, 1.82) is 0 Å². The van der Waals surface area contributed by atoms with Gasteiger partial charge in [0.15, 0.2) is 0 Å². The van der Waals surface area contributed by atoms with E-state index in [0.717, 1.165) is 0 Å². The van der Waals surface area contributed by atoms with Crippen molar-refractivity contribution >= 4 is 60.5 Å². The van der Waals surface area contributed by atoms with Crippen LogP contribution < -0.4 is 15.5 Å². The molecule has 4 amide bonds. The van der Waals surface area contributed by atoms with Crippen molar-refractivity contribution in [2.75, 3.05) is 19.8 Å². The highest BCUT2D eigenvalue weighted by atomic mass is 16.5. The van der Waals surface area contributed by atoms with E-state index in [4.69, 9.17) is 40.9 Å². The van der Waals surface area contributed by atoms with E-state index in [-0.39, 0.29) is 54.9 Å². The van der Waals surface area contributed by atoms with Crippen LogP contribution >= 0.6 is 0 Å². The average molecular weight is 503 g/mol. The van der Waals surface area contributed by atoms with Crippen molar-refractivity contribution in [1.82, 2.24) is 15.1 Å². The molecule has 3 heterocycles. The van der Waals surface area contributed by atoms with Crippen LogP contribution in [0.15, 0.2) is 36.4 Å². The van der Waals surface area contributed by atoms with Gasteiger partial charge >= 0.3 is 0 Å². The van der Waals surface area contributed by atoms with Gasteiger partial charge in [-0.1, -0.05) is 29.7 Å². The number of imide groups is 1. The van der Waals surface area contributed by atoms with Gasteiger partial charge in [0, 0.05) is 35.4 Å². The number of hydrogen-bond acceptors (Lipinski definition) is 6. The van der Waals surface area contributed by atoms with Crippen LogP contribution in [0.2, 0.25) is 0 Å². The van der Waals surface area contributed by atoms with Crippen LogP contribution in [0.25, 0.3) is 0 Å². The van der Waals surface area contributed by atoms with Gasteiger partial charge < -0.3 is 19.3 Å². The molecule has 38 heavy (non-hydrogen) atoms. The molecule has 2 atom stereocenters. The van der Waals surface area contributed by atoms with Crippen LogP contribution in [0.1, 0.15) is 45.8 Å². The molecule has 0 aromatic heterocycles. The minimum absolute atomic E-state index is 0.0425. The molecule has 2 unspecified atom stereocenters. The second-order valence-corrected chi connectivity index (χ2v) is 9.51. The average Bonchev–Trinajstić information content (AvgIpc) is 3.21. The Morgan fingerprint density at radius 3 is 2.63 bits per heavy atom. The van der Waals surface area contributed by atoms with Gasteiger partial charge in [0.25, 0.3) is 5.91 Å². The molecule has 2 aromatic rings. The summed E-state index contributed by atoms with van der Waals surface area (Å²) in [7, 11) is 25.3. The Bertz CT molecular complexity index is 1340. The molecule has 13 heteroatoms. The Labute approximate surface area is 225 Å². The van der Waals surface area contributed by atoms with Crippen LogP contribution in [0, 0.1) is 0 Å². The van der Waals surface area contributed by atoms with Gasteiger partial charge in [-0.05, 0) is 29.7 Å². The number of fused-ring (bicyclic) bond motifs is 1. The largest absolute Gasteiger partial charge is 0.502 e. The Hall–Kier alpha value is -3.46. The number of ether oxygens (including phenoxy) is 2. The predicted octanol–water partition coefficient (Wildman–Crippen LogP) is -1.21. The first-order valence-electron chi connectivity index (χ1n) is 12.1. The lowest BCUT2D eigenvalue weighted by Gasteiger charge is -2.35. The number of benzene rings is 2. The zero-order valence-corrected chi connectivity index (χ0v) is 20.5. The number of rotatable bonds is 6. The zero-order chi connectivity index (χ0) is 27.2. The smallest absolute Gasteiger partial charge is 0.255 e. The second-order valence-electron chi connectivity index (χ2n) is 9.51. The Morgan fingerprint density at radius 1 is 1.13 bits per heavy atom. The predicted molar refractivity (Wildman–Crippen MR) is 139 cm³/mol. The quantitative estimate of drug-likeness (QED) is 0.393. The lowest BCUT2D eigenvalue weighted by molar-refractivity contribution is -0.143. The second kappa shape index (κ2) is 10.0. The van der Waals surface area contributed by atoms with E-state index in [1.807, 2.05) is 0 Å². The fourth-order valence-electron chi connectivity index (χ4n) is 4.97. The number of morpholine rings is 1. The number of piperidine rings is 1. The monoisotopic (exact) mass is 503 g/mol. The highest BCUT2D eigenvalue weighted by Crippen LogP contribution is 2.36. The lowest BCUT2D eigenvalue weighted by atomic mass is 9.60. The standard InChI is InChI=1S/C25H21B4N3O6/c26-17-10-13(4-5-15(17)22(27)31-8-9-37-12-21(31)34)25(28,29)38-19-3-1-2-14-16(19)11-32(24(14)36)18-6-7-20(33)30-23(18)35/h1-5,10,18,22H,6-9,11-12H2,(H,30,33,35). The van der Waals surface area contributed by atoms with Crippen LogP contribution in [-0.4, -0.2) is 90.6 Å². The third-order valence-corrected chi connectivity index (χ3v) is 7.03. The molecular formula is C25H21B4N3O6. The SMILES string of the molecule is [B]c1cc(C([B])([B])Oc2cccc3c2CN(C2CCC(=O)NC2=O)C3=O)ccc1C([B])N1CCOCC1=O. The van der Waals surface area contributed by atoms with Crippen LogP contribution in [0.3, 0.4) is 0 Å². The molecule has 8 radical (unpaired) electrons. The highest BCUT2D eigenvalue weighted by Gasteiger charge is 2.40. The van der Waals surface area contributed by atoms with Gasteiger partial charge in [-0.2, -0.15) is 0 Å². The molecule has 0 saturated carbocycles. The molecule has 0 spiro atoms. The maximum absolute atomic E-state index is 13.1. The molecule has 184 valence electrons. The fraction of sp³-hybridized carbons (Fsp3) is 0.360. The van der Waals surface area contributed by atoms with Crippen LogP contribution in [0.5, 0.6) is 5.75 Å². The van der Waals surface area contributed by atoms with Gasteiger partial charge in [-0.3, -0.25) is 24.5 Å². The van der Waals surface area contributed by atoms with E-state index < -0.39 is 23.3 Å². The van der Waals surface area contributed by atoms with Gasteiger partial charge in [-0.15, -0.1) is 0 Å². The first kappa shape index (κ1) is 26.2. The van der Waals surface area contributed by atoms with Crippen molar-refractivity contribution < 1.29 is 28.7 Å². The summed E-state index contributed by atoms with van der Waals surface area (Å²) in [5, 5.41) is 0.436. The zero-order valence-electron chi connectivity index (χ0n) is 20.5. The lowest BCUT2D eigenvalue weighted by Crippen LogP contribution is -2.52. The normalized spacial score (nSPS) is 20.8. The summed E-state index contributed by atoms with van der Waals surface area (Å²) in [5.74, 6) is -1.95. The molecule has 1 N–H and O–H groups in total. The minimum Gasteiger partial charge on any atom is -0.502 e. The van der Waals surface area contributed by atoms with Crippen molar-refractivity contribution in [3.63, 3.8) is 0 Å². The summed E-state index contributed by atoms with van der Waals surface area (Å²) in [5.41, 5.74) is 2.02. The van der Waals surface area contributed by atoms with E-state index >= 15 is 0 Å². The summed E-state index contributed by atoms with van der Waals surface area (Å²) in [6.07, 6.45) is 0.386. The maximum Gasteiger partial charge on any atom is 0.255 e. The molecule has 9 nitrogen and oxygen atoms in total. The number of carbonyl (C=O) groups excluding carboxylic acids is 4.